The maximum absolute atomic E-state index is 13.5. The van der Waals surface area contributed by atoms with Crippen molar-refractivity contribution in [1.82, 2.24) is 0 Å². The highest BCUT2D eigenvalue weighted by molar-refractivity contribution is 8.14. The number of methoxy groups -OCH3 is 3. The number of benzene rings is 1. The predicted molar refractivity (Wildman–Crippen MR) is 122 cm³/mol. The van der Waals surface area contributed by atoms with Gasteiger partial charge < -0.3 is 23.7 Å². The van der Waals surface area contributed by atoms with E-state index in [-0.39, 0.29) is 16.7 Å². The van der Waals surface area contributed by atoms with Gasteiger partial charge in [-0.3, -0.25) is 9.59 Å². The Balaban J connectivity index is 2.64. The minimum Gasteiger partial charge on any atom is -0.497 e. The molecule has 0 aromatic heterocycles. The van der Waals surface area contributed by atoms with Crippen LogP contribution >= 0.6 is 23.5 Å². The molecule has 0 saturated carbocycles. The zero-order valence-corrected chi connectivity index (χ0v) is 20.8. The van der Waals surface area contributed by atoms with Crippen molar-refractivity contribution in [3.05, 3.63) is 29.8 Å². The van der Waals surface area contributed by atoms with E-state index in [1.54, 1.807) is 33.1 Å². The van der Waals surface area contributed by atoms with E-state index >= 15 is 0 Å². The summed E-state index contributed by atoms with van der Waals surface area (Å²) >= 11 is 2.18. The molecule has 0 spiro atoms. The predicted octanol–water partition coefficient (Wildman–Crippen LogP) is 3.68. The molecule has 4 atom stereocenters. The second kappa shape index (κ2) is 10.7. The zero-order chi connectivity index (χ0) is 23.3. The van der Waals surface area contributed by atoms with Crippen molar-refractivity contribution in [1.29, 1.82) is 0 Å². The Morgan fingerprint density at radius 3 is 2.03 bits per heavy atom. The molecule has 1 aliphatic heterocycles. The lowest BCUT2D eigenvalue weighted by Gasteiger charge is -2.55. The molecule has 1 aliphatic rings. The Morgan fingerprint density at radius 2 is 1.55 bits per heavy atom. The SMILES string of the molecule is CCSC(=O)[C@@H]1O[C@@](C)(OC)[C@](C)(OC)O[C@]1(Cc1ccc(OC)cc1)C(=O)SCC. The fourth-order valence-electron chi connectivity index (χ4n) is 3.49. The minimum absolute atomic E-state index is 0.127. The van der Waals surface area contributed by atoms with E-state index in [1.165, 1.54) is 14.2 Å². The second-order valence-electron chi connectivity index (χ2n) is 7.29. The fourth-order valence-corrected chi connectivity index (χ4v) is 4.89. The van der Waals surface area contributed by atoms with Crippen molar-refractivity contribution < 1.29 is 33.3 Å². The number of hydrogen-bond acceptors (Lipinski definition) is 9. The quantitative estimate of drug-likeness (QED) is 0.535. The lowest BCUT2D eigenvalue weighted by molar-refractivity contribution is -0.453. The first kappa shape index (κ1) is 26.2. The van der Waals surface area contributed by atoms with Gasteiger partial charge in [0.2, 0.25) is 21.8 Å². The van der Waals surface area contributed by atoms with Crippen LogP contribution in [0.4, 0.5) is 0 Å². The molecule has 1 aromatic rings. The third kappa shape index (κ3) is 5.12. The van der Waals surface area contributed by atoms with Gasteiger partial charge in [-0.15, -0.1) is 0 Å². The van der Waals surface area contributed by atoms with E-state index in [1.807, 2.05) is 26.0 Å². The third-order valence-corrected chi connectivity index (χ3v) is 7.18. The van der Waals surface area contributed by atoms with E-state index in [2.05, 4.69) is 0 Å². The highest BCUT2D eigenvalue weighted by Crippen LogP contribution is 2.47. The van der Waals surface area contributed by atoms with Crippen molar-refractivity contribution in [2.45, 2.75) is 57.4 Å². The smallest absolute Gasteiger partial charge is 0.224 e. The van der Waals surface area contributed by atoms with E-state index in [0.29, 0.717) is 17.3 Å². The van der Waals surface area contributed by atoms with E-state index < -0.39 is 23.3 Å². The highest BCUT2D eigenvalue weighted by atomic mass is 32.2. The van der Waals surface area contributed by atoms with Gasteiger partial charge in [0.25, 0.3) is 0 Å². The van der Waals surface area contributed by atoms with Crippen LogP contribution in [-0.4, -0.2) is 66.3 Å². The van der Waals surface area contributed by atoms with Crippen molar-refractivity contribution in [3.8, 4) is 5.75 Å². The summed E-state index contributed by atoms with van der Waals surface area (Å²) in [7, 11) is 4.50. The van der Waals surface area contributed by atoms with Crippen LogP contribution in [0.25, 0.3) is 0 Å². The fraction of sp³-hybridized carbons (Fsp3) is 0.636. The van der Waals surface area contributed by atoms with Gasteiger partial charge >= 0.3 is 0 Å². The summed E-state index contributed by atoms with van der Waals surface area (Å²) in [5.41, 5.74) is -0.801. The standard InChI is InChI=1S/C22H32O7S2/c1-8-30-18(23)17-22(19(24)31-9-2,14-15-10-12-16(25-5)13-11-15)29-21(4,27-7)20(3,26-6)28-17/h10-13,17H,8-9,14H2,1-7H3/t17-,20+,21+,22-/m0/s1. The molecule has 0 unspecified atom stereocenters. The highest BCUT2D eigenvalue weighted by Gasteiger charge is 2.66. The molecule has 31 heavy (non-hydrogen) atoms. The number of rotatable bonds is 9. The molecule has 0 bridgehead atoms. The molecular formula is C22H32O7S2. The van der Waals surface area contributed by atoms with Crippen LogP contribution < -0.4 is 4.74 Å². The maximum Gasteiger partial charge on any atom is 0.224 e. The number of carbonyl (C=O) groups excluding carboxylic acids is 2. The average molecular weight is 473 g/mol. The Bertz CT molecular complexity index is 772. The Hall–Kier alpha value is -1.10. The summed E-state index contributed by atoms with van der Waals surface area (Å²) in [6, 6.07) is 7.29. The molecule has 174 valence electrons. The van der Waals surface area contributed by atoms with Crippen molar-refractivity contribution in [2.24, 2.45) is 0 Å². The molecular weight excluding hydrogens is 440 g/mol. The maximum atomic E-state index is 13.5. The number of hydrogen-bond donors (Lipinski definition) is 0. The van der Waals surface area contributed by atoms with Gasteiger partial charge in [0.1, 0.15) is 5.75 Å². The largest absolute Gasteiger partial charge is 0.497 e. The summed E-state index contributed by atoms with van der Waals surface area (Å²) in [6.45, 7) is 7.04. The topological polar surface area (TPSA) is 80.3 Å². The lowest BCUT2D eigenvalue weighted by atomic mass is 9.86. The molecule has 0 aliphatic carbocycles. The molecule has 0 radical (unpaired) electrons. The van der Waals surface area contributed by atoms with Gasteiger partial charge in [0.15, 0.2) is 11.7 Å². The first-order valence-electron chi connectivity index (χ1n) is 10.1. The van der Waals surface area contributed by atoms with Crippen molar-refractivity contribution in [3.63, 3.8) is 0 Å². The Labute approximate surface area is 192 Å². The molecule has 7 nitrogen and oxygen atoms in total. The molecule has 2 rings (SSSR count). The van der Waals surface area contributed by atoms with Gasteiger partial charge in [0.05, 0.1) is 7.11 Å². The van der Waals surface area contributed by atoms with Crippen LogP contribution in [0.1, 0.15) is 33.3 Å². The van der Waals surface area contributed by atoms with Crippen LogP contribution in [0.2, 0.25) is 0 Å². The average Bonchev–Trinajstić information content (AvgIpc) is 2.76. The summed E-state index contributed by atoms with van der Waals surface area (Å²) in [5.74, 6) is -1.09. The molecule has 0 amide bonds. The van der Waals surface area contributed by atoms with Gasteiger partial charge in [-0.05, 0) is 43.0 Å². The molecule has 9 heteroatoms. The van der Waals surface area contributed by atoms with Gasteiger partial charge in [0, 0.05) is 20.6 Å². The molecule has 1 fully saturated rings. The summed E-state index contributed by atoms with van der Waals surface area (Å²) in [6.07, 6.45) is -1.05. The summed E-state index contributed by atoms with van der Waals surface area (Å²) in [5, 5.41) is -0.579. The van der Waals surface area contributed by atoms with Crippen LogP contribution in [0.3, 0.4) is 0 Å². The number of thioether (sulfide) groups is 2. The van der Waals surface area contributed by atoms with Crippen LogP contribution in [0.5, 0.6) is 5.75 Å². The van der Waals surface area contributed by atoms with E-state index in [4.69, 9.17) is 23.7 Å². The monoisotopic (exact) mass is 472 g/mol. The van der Waals surface area contributed by atoms with E-state index in [9.17, 15) is 9.59 Å². The molecule has 0 N–H and O–H groups in total. The molecule has 1 saturated heterocycles. The Kier molecular flexibility index (Phi) is 9.01. The third-order valence-electron chi connectivity index (χ3n) is 5.49. The normalized spacial score (nSPS) is 30.7. The van der Waals surface area contributed by atoms with Gasteiger partial charge in [-0.1, -0.05) is 49.5 Å². The molecule has 1 heterocycles. The van der Waals surface area contributed by atoms with E-state index in [0.717, 1.165) is 29.1 Å². The van der Waals surface area contributed by atoms with Crippen molar-refractivity contribution in [2.75, 3.05) is 32.8 Å². The zero-order valence-electron chi connectivity index (χ0n) is 19.2. The number of ether oxygens (including phenoxy) is 5. The minimum atomic E-state index is -1.60. The van der Waals surface area contributed by atoms with Crippen LogP contribution in [-0.2, 0) is 35.0 Å². The van der Waals surface area contributed by atoms with Crippen molar-refractivity contribution >= 4 is 33.8 Å². The van der Waals surface area contributed by atoms with Gasteiger partial charge in [-0.2, -0.15) is 0 Å². The first-order chi connectivity index (χ1) is 14.6. The summed E-state index contributed by atoms with van der Waals surface area (Å²) < 4.78 is 29.2. The first-order valence-corrected chi connectivity index (χ1v) is 12.1. The Morgan fingerprint density at radius 1 is 0.968 bits per heavy atom. The van der Waals surface area contributed by atoms with Crippen LogP contribution in [0.15, 0.2) is 24.3 Å². The number of carbonyl (C=O) groups is 2. The van der Waals surface area contributed by atoms with Gasteiger partial charge in [-0.25, -0.2) is 0 Å². The van der Waals surface area contributed by atoms with Crippen LogP contribution in [0, 0.1) is 0 Å². The summed E-state index contributed by atoms with van der Waals surface area (Å²) in [4.78, 5) is 26.7. The molecule has 1 aromatic carbocycles. The lowest BCUT2D eigenvalue weighted by Crippen LogP contribution is -2.73. The second-order valence-corrected chi connectivity index (χ2v) is 9.79.